The topological polar surface area (TPSA) is 61.2 Å². The van der Waals surface area contributed by atoms with Crippen LogP contribution in [0.4, 0.5) is 15.8 Å². The van der Waals surface area contributed by atoms with Crippen molar-refractivity contribution in [1.29, 1.82) is 5.26 Å². The highest BCUT2D eigenvalue weighted by Crippen LogP contribution is 2.38. The first-order valence-electron chi connectivity index (χ1n) is 6.05. The molecule has 21 heavy (non-hydrogen) atoms. The van der Waals surface area contributed by atoms with Gasteiger partial charge in [0, 0.05) is 11.9 Å². The number of para-hydroxylation sites is 1. The molecule has 3 rings (SSSR count). The molecule has 4 nitrogen and oxygen atoms in total. The van der Waals surface area contributed by atoms with Gasteiger partial charge in [0.25, 0.3) is 0 Å². The van der Waals surface area contributed by atoms with E-state index in [9.17, 15) is 12.8 Å². The van der Waals surface area contributed by atoms with Gasteiger partial charge in [-0.15, -0.1) is 0 Å². The summed E-state index contributed by atoms with van der Waals surface area (Å²) in [5, 5.41) is 9.08. The highest BCUT2D eigenvalue weighted by Gasteiger charge is 2.31. The van der Waals surface area contributed by atoms with E-state index in [0.29, 0.717) is 11.4 Å². The zero-order valence-electron chi connectivity index (χ0n) is 10.7. The quantitative estimate of drug-likeness (QED) is 0.812. The number of hydrogen-bond acceptors (Lipinski definition) is 4. The molecule has 104 valence electrons. The fourth-order valence-corrected chi connectivity index (χ4v) is 3.46. The molecule has 0 aromatic heterocycles. The molecule has 6 heteroatoms. The second-order valence-corrected chi connectivity index (χ2v) is 6.31. The van der Waals surface area contributed by atoms with Gasteiger partial charge < -0.3 is 4.90 Å². The molecule has 0 fully saturated rings. The molecule has 2 aromatic rings. The Kier molecular flexibility index (Phi) is 3.00. The molecule has 2 aromatic carbocycles. The average molecular weight is 300 g/mol. The van der Waals surface area contributed by atoms with Gasteiger partial charge >= 0.3 is 0 Å². The van der Waals surface area contributed by atoms with Crippen LogP contribution in [0, 0.1) is 17.1 Å². The second-order valence-electron chi connectivity index (χ2n) is 4.42. The minimum Gasteiger partial charge on any atom is -0.314 e. The fourth-order valence-electron chi connectivity index (χ4n) is 2.16. The Morgan fingerprint density at radius 1 is 1.05 bits per heavy atom. The Labute approximate surface area is 121 Å². The van der Waals surface area contributed by atoms with Crippen LogP contribution in [0.15, 0.2) is 64.5 Å². The van der Waals surface area contributed by atoms with Crippen LogP contribution < -0.4 is 4.90 Å². The monoisotopic (exact) mass is 300 g/mol. The first-order chi connectivity index (χ1) is 10.0. The van der Waals surface area contributed by atoms with Crippen molar-refractivity contribution in [2.24, 2.45) is 0 Å². The summed E-state index contributed by atoms with van der Waals surface area (Å²) in [5.41, 5.74) is 1.01. The predicted molar refractivity (Wildman–Crippen MR) is 75.9 cm³/mol. The summed E-state index contributed by atoms with van der Waals surface area (Å²) in [6.45, 7) is 0. The van der Waals surface area contributed by atoms with Crippen molar-refractivity contribution < 1.29 is 12.8 Å². The van der Waals surface area contributed by atoms with Crippen LogP contribution in [-0.2, 0) is 9.84 Å². The highest BCUT2D eigenvalue weighted by atomic mass is 32.2. The van der Waals surface area contributed by atoms with E-state index in [1.54, 1.807) is 29.2 Å². The van der Waals surface area contributed by atoms with Crippen molar-refractivity contribution >= 4 is 21.2 Å². The SMILES string of the molecule is N#CC1=CN(c2ccc(F)cc2)c2ccccc2S1(=O)=O. The second kappa shape index (κ2) is 4.72. The number of halogens is 1. The molecule has 0 radical (unpaired) electrons. The van der Waals surface area contributed by atoms with E-state index < -0.39 is 9.84 Å². The summed E-state index contributed by atoms with van der Waals surface area (Å²) in [4.78, 5) is 1.29. The van der Waals surface area contributed by atoms with E-state index in [0.717, 1.165) is 0 Å². The van der Waals surface area contributed by atoms with Crippen LogP contribution >= 0.6 is 0 Å². The maximum Gasteiger partial charge on any atom is 0.220 e. The lowest BCUT2D eigenvalue weighted by atomic mass is 10.2. The number of benzene rings is 2. The predicted octanol–water partition coefficient (Wildman–Crippen LogP) is 3.12. The number of allylic oxidation sites excluding steroid dienone is 1. The Hall–Kier alpha value is -2.65. The fraction of sp³-hybridized carbons (Fsp3) is 0. The zero-order valence-corrected chi connectivity index (χ0v) is 11.5. The van der Waals surface area contributed by atoms with Gasteiger partial charge in [-0.2, -0.15) is 5.26 Å². The molecule has 0 aliphatic carbocycles. The van der Waals surface area contributed by atoms with E-state index in [1.165, 1.54) is 36.5 Å². The van der Waals surface area contributed by atoms with E-state index in [-0.39, 0.29) is 15.6 Å². The molecule has 0 atom stereocenters. The minimum absolute atomic E-state index is 0.0633. The first kappa shape index (κ1) is 13.3. The molecule has 1 aliphatic heterocycles. The molecule has 0 N–H and O–H groups in total. The molecule has 1 aliphatic rings. The van der Waals surface area contributed by atoms with Crippen LogP contribution in [0.3, 0.4) is 0 Å². The number of sulfone groups is 1. The number of nitrogens with zero attached hydrogens (tertiary/aromatic N) is 2. The van der Waals surface area contributed by atoms with E-state index >= 15 is 0 Å². The third kappa shape index (κ3) is 2.08. The van der Waals surface area contributed by atoms with Crippen molar-refractivity contribution in [1.82, 2.24) is 0 Å². The summed E-state index contributed by atoms with van der Waals surface area (Å²) in [5.74, 6) is -0.388. The van der Waals surface area contributed by atoms with Crippen molar-refractivity contribution in [2.75, 3.05) is 4.90 Å². The van der Waals surface area contributed by atoms with Gasteiger partial charge in [0.15, 0.2) is 4.91 Å². The lowest BCUT2D eigenvalue weighted by Gasteiger charge is -2.27. The zero-order chi connectivity index (χ0) is 15.0. The molecule has 1 heterocycles. The minimum atomic E-state index is -3.80. The Morgan fingerprint density at radius 3 is 2.38 bits per heavy atom. The van der Waals surface area contributed by atoms with Crippen molar-refractivity contribution in [2.45, 2.75) is 4.90 Å². The van der Waals surface area contributed by atoms with Crippen LogP contribution in [0.2, 0.25) is 0 Å². The van der Waals surface area contributed by atoms with Crippen LogP contribution in [0.1, 0.15) is 0 Å². The summed E-state index contributed by atoms with van der Waals surface area (Å²) in [7, 11) is -3.80. The number of rotatable bonds is 1. The summed E-state index contributed by atoms with van der Waals surface area (Å²) < 4.78 is 37.6. The number of anilines is 2. The third-order valence-corrected chi connectivity index (χ3v) is 4.87. The van der Waals surface area contributed by atoms with Gasteiger partial charge in [-0.1, -0.05) is 12.1 Å². The Morgan fingerprint density at radius 2 is 1.71 bits per heavy atom. The smallest absolute Gasteiger partial charge is 0.220 e. The Balaban J connectivity index is 2.26. The largest absolute Gasteiger partial charge is 0.314 e. The average Bonchev–Trinajstić information content (AvgIpc) is 2.49. The van der Waals surface area contributed by atoms with Gasteiger partial charge in [0.2, 0.25) is 9.84 Å². The molecular formula is C15H9FN2O2S. The Bertz CT molecular complexity index is 881. The van der Waals surface area contributed by atoms with Crippen LogP contribution in [0.5, 0.6) is 0 Å². The summed E-state index contributed by atoms with van der Waals surface area (Å²) in [6, 6.07) is 13.7. The van der Waals surface area contributed by atoms with Gasteiger partial charge in [-0.25, -0.2) is 12.8 Å². The summed E-state index contributed by atoms with van der Waals surface area (Å²) >= 11 is 0. The molecule has 0 unspecified atom stereocenters. The number of nitriles is 1. The molecular weight excluding hydrogens is 291 g/mol. The number of hydrogen-bond donors (Lipinski definition) is 0. The van der Waals surface area contributed by atoms with Gasteiger partial charge in [-0.3, -0.25) is 0 Å². The van der Waals surface area contributed by atoms with E-state index in [2.05, 4.69) is 0 Å². The lowest BCUT2D eigenvalue weighted by Crippen LogP contribution is -2.21. The van der Waals surface area contributed by atoms with Crippen LogP contribution in [-0.4, -0.2) is 8.42 Å². The van der Waals surface area contributed by atoms with E-state index in [4.69, 9.17) is 5.26 Å². The molecule has 0 bridgehead atoms. The van der Waals surface area contributed by atoms with Crippen molar-refractivity contribution in [3.05, 3.63) is 65.5 Å². The third-order valence-electron chi connectivity index (χ3n) is 3.17. The van der Waals surface area contributed by atoms with Gasteiger partial charge in [-0.05, 0) is 36.4 Å². The van der Waals surface area contributed by atoms with E-state index in [1.807, 2.05) is 0 Å². The van der Waals surface area contributed by atoms with Gasteiger partial charge in [0.1, 0.15) is 11.9 Å². The highest BCUT2D eigenvalue weighted by molar-refractivity contribution is 7.95. The normalized spacial score (nSPS) is 15.8. The molecule has 0 amide bonds. The van der Waals surface area contributed by atoms with Crippen molar-refractivity contribution in [3.8, 4) is 6.07 Å². The molecule has 0 saturated carbocycles. The van der Waals surface area contributed by atoms with Gasteiger partial charge in [0.05, 0.1) is 10.6 Å². The maximum atomic E-state index is 13.0. The summed E-state index contributed by atoms with van der Waals surface area (Å²) in [6.07, 6.45) is 1.25. The van der Waals surface area contributed by atoms with Crippen LogP contribution in [0.25, 0.3) is 0 Å². The first-order valence-corrected chi connectivity index (χ1v) is 7.53. The maximum absolute atomic E-state index is 13.0. The molecule has 0 spiro atoms. The number of fused-ring (bicyclic) bond motifs is 1. The molecule has 0 saturated heterocycles. The standard InChI is InChI=1S/C15H9FN2O2S/c16-11-5-7-12(8-6-11)18-10-13(9-17)21(19,20)15-4-2-1-3-14(15)18/h1-8,10H. The van der Waals surface area contributed by atoms with Crippen molar-refractivity contribution in [3.63, 3.8) is 0 Å². The lowest BCUT2D eigenvalue weighted by molar-refractivity contribution is 0.602.